The van der Waals surface area contributed by atoms with E-state index in [0.717, 1.165) is 0 Å². The Kier molecular flexibility index (Phi) is 34.7. The van der Waals surface area contributed by atoms with Gasteiger partial charge in [0.25, 0.3) is 0 Å². The summed E-state index contributed by atoms with van der Waals surface area (Å²) in [6, 6.07) is 0. The van der Waals surface area contributed by atoms with Gasteiger partial charge in [-0.2, -0.15) is 0 Å². The molecule has 36 atom stereocenters. The Bertz CT molecular complexity index is 1720. The SMILES string of the molecule is CC1=C2[C@H](OP(P(P)P)P(PP)P(P)P)C[C@]3(C)[C@@H](OP(P(P)P)P(P)P)C[C@@H](OP(P)P(P)P)[C@@]4(COC(CP)O4)[C@H]3[C@@H]3OC(=O)O[C@@]3(C[C@@H]1OP(P)P(P(P)P)P(P(P)P)P(P)P)C2(C)C. The van der Waals surface area contributed by atoms with Gasteiger partial charge in [-0.15, -0.1) is 161 Å². The first-order valence-corrected chi connectivity index (χ1v) is 80.8. The van der Waals surface area contributed by atoms with E-state index in [-0.39, 0.29) is 45.9 Å². The number of hydrogen-bond donors (Lipinski definition) is 0. The molecular weight excluding hydrogens is 1540 g/mol. The molecule has 0 radical (unpaired) electrons. The van der Waals surface area contributed by atoms with Crippen molar-refractivity contribution in [2.75, 3.05) is 12.8 Å². The molecule has 9 nitrogen and oxygen atoms in total. The molecule has 5 rings (SSSR count). The van der Waals surface area contributed by atoms with Crippen molar-refractivity contribution in [1.82, 2.24) is 0 Å². The lowest BCUT2D eigenvalue weighted by molar-refractivity contribution is -0.259. The van der Waals surface area contributed by atoms with Crippen LogP contribution in [0, 0.1) is 16.7 Å². The van der Waals surface area contributed by atoms with Crippen LogP contribution in [0.1, 0.15) is 47.0 Å². The maximum atomic E-state index is 14.6. The summed E-state index contributed by atoms with van der Waals surface area (Å²) in [5, 5.41) is 0. The Balaban J connectivity index is 1.90. The van der Waals surface area contributed by atoms with Gasteiger partial charge in [0.1, 0.15) is 5.60 Å². The lowest BCUT2D eigenvalue weighted by Crippen LogP contribution is -2.74. The van der Waals surface area contributed by atoms with Crippen molar-refractivity contribution in [1.29, 1.82) is 0 Å². The Hall–Kier alpha value is 14.2. The minimum absolute atomic E-state index is 0.283. The smallest absolute Gasteiger partial charge is 0.426 e. The number of ether oxygens (including phenoxy) is 4. The molecule has 0 N–H and O–H groups in total. The first-order valence-electron chi connectivity index (χ1n) is 19.7. The molecular formula is C23H70O9P36. The summed E-state index contributed by atoms with van der Waals surface area (Å²) in [7, 11) is 59.0. The van der Waals surface area contributed by atoms with Crippen LogP contribution in [0.3, 0.4) is 0 Å². The van der Waals surface area contributed by atoms with E-state index in [1.165, 1.54) is 11.1 Å². The van der Waals surface area contributed by atoms with Crippen LogP contribution in [-0.2, 0) is 37.0 Å². The summed E-state index contributed by atoms with van der Waals surface area (Å²) in [5.74, 6) is -0.487. The van der Waals surface area contributed by atoms with Crippen molar-refractivity contribution >= 4 is 300 Å². The molecule has 396 valence electrons. The molecule has 2 aliphatic heterocycles. The van der Waals surface area contributed by atoms with Gasteiger partial charge in [0.15, 0.2) is 18.0 Å². The lowest BCUT2D eigenvalue weighted by Gasteiger charge is -2.65. The van der Waals surface area contributed by atoms with Gasteiger partial charge in [-0.05, 0) is 87.4 Å². The molecule has 45 heteroatoms. The van der Waals surface area contributed by atoms with Crippen molar-refractivity contribution in [2.24, 2.45) is 16.7 Å². The molecule has 0 aromatic rings. The van der Waals surface area contributed by atoms with E-state index in [0.29, 0.717) is 33.4 Å². The molecule has 2 saturated carbocycles. The average Bonchev–Trinajstić information content (AvgIpc) is 3.79. The highest BCUT2D eigenvalue weighted by molar-refractivity contribution is 9.25. The van der Waals surface area contributed by atoms with Crippen LogP contribution in [0.25, 0.3) is 0 Å². The van der Waals surface area contributed by atoms with Gasteiger partial charge in [-0.1, -0.05) is 46.6 Å². The second kappa shape index (κ2) is 32.3. The molecule has 2 bridgehead atoms. The van der Waals surface area contributed by atoms with Gasteiger partial charge >= 0.3 is 6.16 Å². The van der Waals surface area contributed by atoms with Crippen LogP contribution < -0.4 is 0 Å². The molecule has 2 spiro atoms. The second-order valence-corrected chi connectivity index (χ2v) is 138. The van der Waals surface area contributed by atoms with Crippen molar-refractivity contribution in [3.05, 3.63) is 11.1 Å². The van der Waals surface area contributed by atoms with Gasteiger partial charge in [0.2, 0.25) is 0 Å². The van der Waals surface area contributed by atoms with Gasteiger partial charge in [0.05, 0.1) is 61.1 Å². The molecule has 0 aromatic carbocycles. The second-order valence-electron chi connectivity index (χ2n) is 16.7. The van der Waals surface area contributed by atoms with E-state index < -0.39 is 139 Å². The van der Waals surface area contributed by atoms with Crippen LogP contribution in [-0.4, -0.2) is 66.9 Å². The number of fused-ring (bicyclic) bond motifs is 4. The molecule has 2 saturated heterocycles. The van der Waals surface area contributed by atoms with Crippen LogP contribution in [0.2, 0.25) is 0 Å². The summed E-state index contributed by atoms with van der Waals surface area (Å²) < 4.78 is 59.1. The standard InChI is InChI=1S/C23H70O9P36/c1-10-11(29-55(36)67(63(47)48)68(64(49)50)65(51)52)7-23-18(26-19(24)28-23)17-21(4,6-12(16(10)20(23,2)3)30-57(61(43)44)66(53-34)62(45)46)13(32-56(59(39)40)60(41)42)5-14(31-54(35)58(37)38)22(17)9-25-15(8-33)27-22/h11-15,17-18,53H,5-9,33-52H2,1-4H3/t11-,12+,13-,14+,15?,17-,18-,21+,22-,23+,54?,55?,57?,66?,67?/m0/s1. The fraction of sp³-hybridized carbons (Fsp3) is 0.870. The monoisotopic (exact) mass is 1610 g/mol. The van der Waals surface area contributed by atoms with E-state index in [1.807, 2.05) is 0 Å². The van der Waals surface area contributed by atoms with E-state index in [2.05, 4.69) is 207 Å². The van der Waals surface area contributed by atoms with Crippen LogP contribution >= 0.6 is 294 Å². The van der Waals surface area contributed by atoms with E-state index in [9.17, 15) is 4.79 Å². The van der Waals surface area contributed by atoms with Gasteiger partial charge < -0.3 is 37.0 Å². The summed E-state index contributed by atoms with van der Waals surface area (Å²) in [6.07, 6.45) is -1.14. The van der Waals surface area contributed by atoms with Crippen LogP contribution in [0.15, 0.2) is 11.1 Å². The molecule has 68 heavy (non-hydrogen) atoms. The predicted molar refractivity (Wildman–Crippen MR) is 410 cm³/mol. The minimum Gasteiger partial charge on any atom is -0.426 e. The predicted octanol–water partition coefficient (Wildman–Crippen LogP) is 22.5. The zero-order valence-electron chi connectivity index (χ0n) is 37.5. The third kappa shape index (κ3) is 16.8. The summed E-state index contributed by atoms with van der Waals surface area (Å²) in [6.45, 7) is 4.16. The normalized spacial score (nSPS) is 35.4. The topological polar surface area (TPSA) is 90.9 Å². The van der Waals surface area contributed by atoms with Crippen molar-refractivity contribution in [2.45, 2.75) is 95.0 Å². The fourth-order valence-electron chi connectivity index (χ4n) is 9.90. The van der Waals surface area contributed by atoms with Crippen molar-refractivity contribution in [3.63, 3.8) is 0 Å². The van der Waals surface area contributed by atoms with Gasteiger partial charge in [-0.3, -0.25) is 0 Å². The maximum Gasteiger partial charge on any atom is 0.509 e. The summed E-state index contributed by atoms with van der Waals surface area (Å²) >= 11 is 0. The largest absolute Gasteiger partial charge is 0.509 e. The molecule has 0 amide bonds. The molecule has 5 aliphatic rings. The van der Waals surface area contributed by atoms with Gasteiger partial charge in [0, 0.05) is 49.7 Å². The highest BCUT2D eigenvalue weighted by atomic mass is 33.3. The number of rotatable bonds is 21. The minimum atomic E-state index is -1.18. The first kappa shape index (κ1) is 73.0. The van der Waals surface area contributed by atoms with Gasteiger partial charge in [-0.25, -0.2) is 4.79 Å². The Labute approximate surface area is 472 Å². The van der Waals surface area contributed by atoms with Crippen LogP contribution in [0.5, 0.6) is 0 Å². The molecule has 27 unspecified atom stereocenters. The van der Waals surface area contributed by atoms with Crippen molar-refractivity contribution in [3.8, 4) is 0 Å². The van der Waals surface area contributed by atoms with E-state index in [4.69, 9.17) is 37.0 Å². The number of carbonyl (C=O) groups is 1. The number of carbonyl (C=O) groups excluding carboxylic acids is 1. The zero-order valence-corrected chi connectivity index (χ0v) is 75.0. The average molecular weight is 1610 g/mol. The lowest BCUT2D eigenvalue weighted by atomic mass is 9.46. The fourth-order valence-corrected chi connectivity index (χ4v) is 242. The Morgan fingerprint density at radius 3 is 1.71 bits per heavy atom. The summed E-state index contributed by atoms with van der Waals surface area (Å²) in [4.78, 5) is 14.6. The molecule has 2 heterocycles. The molecule has 4 fully saturated rings. The van der Waals surface area contributed by atoms with Crippen LogP contribution in [0.4, 0.5) is 4.79 Å². The molecule has 3 aliphatic carbocycles. The third-order valence-corrected chi connectivity index (χ3v) is 170. The van der Waals surface area contributed by atoms with E-state index in [1.54, 1.807) is 0 Å². The quantitative estimate of drug-likeness (QED) is 0.0633. The third-order valence-electron chi connectivity index (χ3n) is 12.5. The molecule has 0 aromatic heterocycles. The summed E-state index contributed by atoms with van der Waals surface area (Å²) in [5.41, 5.74) is -1.27. The van der Waals surface area contributed by atoms with Crippen molar-refractivity contribution < 1.29 is 41.8 Å². The maximum absolute atomic E-state index is 14.6. The Morgan fingerprint density at radius 2 is 1.24 bits per heavy atom. The van der Waals surface area contributed by atoms with E-state index >= 15 is 0 Å². The first-order chi connectivity index (χ1) is 31.5. The Morgan fingerprint density at radius 1 is 0.662 bits per heavy atom. The number of hydrogen-bond acceptors (Lipinski definition) is 9. The zero-order chi connectivity index (χ0) is 51.3. The highest BCUT2D eigenvalue weighted by Crippen LogP contribution is 3.21. The highest BCUT2D eigenvalue weighted by Gasteiger charge is 2.78.